The van der Waals surface area contributed by atoms with E-state index in [4.69, 9.17) is 0 Å². The number of hydrogen-bond donors (Lipinski definition) is 2. The smallest absolute Gasteiger partial charge is 0.310 e. The van der Waals surface area contributed by atoms with E-state index in [1.54, 1.807) is 13.8 Å². The molecule has 0 aromatic heterocycles. The number of carboxylic acids is 1. The van der Waals surface area contributed by atoms with Crippen LogP contribution >= 0.6 is 0 Å². The molecule has 1 atom stereocenters. The quantitative estimate of drug-likeness (QED) is 0.570. The second-order valence-electron chi connectivity index (χ2n) is 9.46. The van der Waals surface area contributed by atoms with Crippen molar-refractivity contribution in [2.24, 2.45) is 16.7 Å². The standard InChI is InChI=1S/C22H37NO4S/c1-15(2)14-22(20(24)25,21(6,7)8)10-9-11-23-28(26,27)19-17(4)12-16(3)13-18(19)5/h12-13,15,23H,9-11,14H2,1-8H3,(H,24,25)/t22-/m0/s1. The number of benzene rings is 1. The third-order valence-corrected chi connectivity index (χ3v) is 7.31. The molecule has 1 aromatic carbocycles. The van der Waals surface area contributed by atoms with Crippen molar-refractivity contribution >= 4 is 16.0 Å². The first-order valence-corrected chi connectivity index (χ1v) is 11.4. The van der Waals surface area contributed by atoms with E-state index in [9.17, 15) is 18.3 Å². The van der Waals surface area contributed by atoms with Crippen molar-refractivity contribution in [2.75, 3.05) is 6.54 Å². The molecule has 0 radical (unpaired) electrons. The summed E-state index contributed by atoms with van der Waals surface area (Å²) in [5.41, 5.74) is 1.16. The topological polar surface area (TPSA) is 83.5 Å². The molecule has 0 aliphatic carbocycles. The zero-order valence-electron chi connectivity index (χ0n) is 18.6. The average Bonchev–Trinajstić information content (AvgIpc) is 2.46. The van der Waals surface area contributed by atoms with Crippen LogP contribution in [0.4, 0.5) is 0 Å². The van der Waals surface area contributed by atoms with E-state index in [2.05, 4.69) is 4.72 Å². The fraction of sp³-hybridized carbons (Fsp3) is 0.682. The van der Waals surface area contributed by atoms with Crippen LogP contribution in [-0.2, 0) is 14.8 Å². The molecule has 0 spiro atoms. The van der Waals surface area contributed by atoms with Gasteiger partial charge in [0.25, 0.3) is 0 Å². The summed E-state index contributed by atoms with van der Waals surface area (Å²) in [5, 5.41) is 10.0. The van der Waals surface area contributed by atoms with Crippen LogP contribution in [0.2, 0.25) is 0 Å². The first-order valence-electron chi connectivity index (χ1n) is 9.95. The minimum absolute atomic E-state index is 0.221. The van der Waals surface area contributed by atoms with Crippen LogP contribution in [0.3, 0.4) is 0 Å². The highest BCUT2D eigenvalue weighted by Crippen LogP contribution is 2.47. The second-order valence-corrected chi connectivity index (χ2v) is 11.2. The number of carbonyl (C=O) groups is 1. The molecule has 6 heteroatoms. The number of carboxylic acid groups (broad SMARTS) is 1. The maximum absolute atomic E-state index is 12.8. The van der Waals surface area contributed by atoms with E-state index in [0.29, 0.717) is 24.2 Å². The summed E-state index contributed by atoms with van der Waals surface area (Å²) >= 11 is 0. The first kappa shape index (κ1) is 24.6. The lowest BCUT2D eigenvalue weighted by Crippen LogP contribution is -2.44. The van der Waals surface area contributed by atoms with Crippen molar-refractivity contribution in [2.45, 2.75) is 79.5 Å². The molecule has 5 nitrogen and oxygen atoms in total. The molecule has 0 amide bonds. The number of sulfonamides is 1. The molecule has 0 aliphatic rings. The van der Waals surface area contributed by atoms with Gasteiger partial charge in [-0.2, -0.15) is 0 Å². The van der Waals surface area contributed by atoms with Gasteiger partial charge in [-0.3, -0.25) is 4.79 Å². The van der Waals surface area contributed by atoms with Gasteiger partial charge in [0.1, 0.15) is 0 Å². The lowest BCUT2D eigenvalue weighted by atomic mass is 9.60. The van der Waals surface area contributed by atoms with E-state index in [-0.39, 0.29) is 12.5 Å². The van der Waals surface area contributed by atoms with Crippen molar-refractivity contribution in [1.29, 1.82) is 0 Å². The Labute approximate surface area is 171 Å². The van der Waals surface area contributed by atoms with Crippen molar-refractivity contribution < 1.29 is 18.3 Å². The van der Waals surface area contributed by atoms with E-state index in [1.807, 2.05) is 53.7 Å². The third-order valence-electron chi connectivity index (χ3n) is 5.55. The van der Waals surface area contributed by atoms with Gasteiger partial charge in [0.05, 0.1) is 10.3 Å². The maximum Gasteiger partial charge on any atom is 0.310 e. The Kier molecular flexibility index (Phi) is 7.88. The molecule has 0 saturated carbocycles. The van der Waals surface area contributed by atoms with Gasteiger partial charge in [0, 0.05) is 6.54 Å². The van der Waals surface area contributed by atoms with Gasteiger partial charge in [0.15, 0.2) is 0 Å². The minimum atomic E-state index is -3.63. The highest BCUT2D eigenvalue weighted by Gasteiger charge is 2.48. The lowest BCUT2D eigenvalue weighted by molar-refractivity contribution is -0.159. The van der Waals surface area contributed by atoms with E-state index >= 15 is 0 Å². The van der Waals surface area contributed by atoms with Gasteiger partial charge in [-0.25, -0.2) is 13.1 Å². The van der Waals surface area contributed by atoms with Crippen LogP contribution in [0.5, 0.6) is 0 Å². The number of hydrogen-bond acceptors (Lipinski definition) is 3. The monoisotopic (exact) mass is 411 g/mol. The van der Waals surface area contributed by atoms with Gasteiger partial charge >= 0.3 is 5.97 Å². The second kappa shape index (κ2) is 8.95. The van der Waals surface area contributed by atoms with Gasteiger partial charge in [-0.15, -0.1) is 0 Å². The molecule has 28 heavy (non-hydrogen) atoms. The maximum atomic E-state index is 12.8. The summed E-state index contributed by atoms with van der Waals surface area (Å²) in [6, 6.07) is 3.72. The zero-order valence-corrected chi connectivity index (χ0v) is 19.5. The third kappa shape index (κ3) is 5.57. The molecule has 1 aromatic rings. The van der Waals surface area contributed by atoms with Gasteiger partial charge in [-0.1, -0.05) is 52.3 Å². The molecule has 0 saturated heterocycles. The number of nitrogens with one attached hydrogen (secondary N) is 1. The molecular weight excluding hydrogens is 374 g/mol. The Hall–Kier alpha value is -1.40. The Morgan fingerprint density at radius 3 is 2.00 bits per heavy atom. The fourth-order valence-corrected chi connectivity index (χ4v) is 5.78. The zero-order chi connectivity index (χ0) is 21.9. The molecule has 1 rings (SSSR count). The van der Waals surface area contributed by atoms with Crippen LogP contribution in [0.1, 0.15) is 70.6 Å². The average molecular weight is 412 g/mol. The summed E-state index contributed by atoms with van der Waals surface area (Å²) < 4.78 is 28.3. The Morgan fingerprint density at radius 1 is 1.11 bits per heavy atom. The van der Waals surface area contributed by atoms with Crippen LogP contribution in [0, 0.1) is 37.5 Å². The van der Waals surface area contributed by atoms with E-state index in [0.717, 1.165) is 16.7 Å². The van der Waals surface area contributed by atoms with Crippen molar-refractivity contribution in [3.63, 3.8) is 0 Å². The highest BCUT2D eigenvalue weighted by molar-refractivity contribution is 7.89. The first-order chi connectivity index (χ1) is 12.6. The summed E-state index contributed by atoms with van der Waals surface area (Å²) in [6.45, 7) is 15.7. The molecule has 0 unspecified atom stereocenters. The molecule has 160 valence electrons. The molecule has 0 heterocycles. The predicted octanol–water partition coefficient (Wildman–Crippen LogP) is 4.83. The number of aliphatic carboxylic acids is 1. The number of rotatable bonds is 9. The molecule has 0 bridgehead atoms. The normalized spacial score (nSPS) is 14.9. The summed E-state index contributed by atoms with van der Waals surface area (Å²) in [7, 11) is -3.63. The van der Waals surface area contributed by atoms with E-state index in [1.165, 1.54) is 0 Å². The van der Waals surface area contributed by atoms with Crippen molar-refractivity contribution in [1.82, 2.24) is 4.72 Å². The predicted molar refractivity (Wildman–Crippen MR) is 114 cm³/mol. The Balaban J connectivity index is 2.96. The SMILES string of the molecule is Cc1cc(C)c(S(=O)(=O)NCCC[C@](CC(C)C)(C(=O)O)C(C)(C)C)c(C)c1. The van der Waals surface area contributed by atoms with Crippen molar-refractivity contribution in [3.8, 4) is 0 Å². The van der Waals surface area contributed by atoms with Crippen LogP contribution in [0.25, 0.3) is 0 Å². The Bertz CT molecular complexity index is 783. The van der Waals surface area contributed by atoms with Gasteiger partial charge in [0.2, 0.25) is 10.0 Å². The minimum Gasteiger partial charge on any atom is -0.481 e. The lowest BCUT2D eigenvalue weighted by Gasteiger charge is -2.42. The molecular formula is C22H37NO4S. The summed E-state index contributed by atoms with van der Waals surface area (Å²) in [6.07, 6.45) is 1.46. The fourth-order valence-electron chi connectivity index (χ4n) is 4.25. The molecule has 0 fully saturated rings. The highest BCUT2D eigenvalue weighted by atomic mass is 32.2. The van der Waals surface area contributed by atoms with E-state index < -0.39 is 26.8 Å². The van der Waals surface area contributed by atoms with Crippen LogP contribution < -0.4 is 4.72 Å². The van der Waals surface area contributed by atoms with Crippen molar-refractivity contribution in [3.05, 3.63) is 28.8 Å². The largest absolute Gasteiger partial charge is 0.481 e. The summed E-state index contributed by atoms with van der Waals surface area (Å²) in [5.74, 6) is -0.563. The molecule has 0 aliphatic heterocycles. The van der Waals surface area contributed by atoms with Crippen LogP contribution in [0.15, 0.2) is 17.0 Å². The van der Waals surface area contributed by atoms with Gasteiger partial charge in [-0.05, 0) is 62.5 Å². The Morgan fingerprint density at radius 2 is 1.61 bits per heavy atom. The summed E-state index contributed by atoms with van der Waals surface area (Å²) in [4.78, 5) is 12.5. The van der Waals surface area contributed by atoms with Gasteiger partial charge < -0.3 is 5.11 Å². The molecule has 2 N–H and O–H groups in total. The van der Waals surface area contributed by atoms with Crippen LogP contribution in [-0.4, -0.2) is 26.0 Å². The number of aryl methyl sites for hydroxylation is 3.